The third kappa shape index (κ3) is 2.07. The van der Waals surface area contributed by atoms with E-state index in [1.807, 2.05) is 6.20 Å². The van der Waals surface area contributed by atoms with Crippen molar-refractivity contribution in [3.05, 3.63) is 60.4 Å². The lowest BCUT2D eigenvalue weighted by Crippen LogP contribution is -2.05. The summed E-state index contributed by atoms with van der Waals surface area (Å²) in [6.07, 6.45) is 3.65. The molecule has 1 atom stereocenters. The highest BCUT2D eigenvalue weighted by Gasteiger charge is 2.06. The predicted molar refractivity (Wildman–Crippen MR) is 74.6 cm³/mol. The smallest absolute Gasteiger partial charge is 0.0728 e. The van der Waals surface area contributed by atoms with Gasteiger partial charge in [-0.25, -0.2) is 0 Å². The molecule has 0 amide bonds. The van der Waals surface area contributed by atoms with Gasteiger partial charge in [0.1, 0.15) is 0 Å². The zero-order valence-electron chi connectivity index (χ0n) is 10.2. The normalized spacial score (nSPS) is 12.5. The van der Waals surface area contributed by atoms with Crippen molar-refractivity contribution in [2.45, 2.75) is 13.0 Å². The minimum atomic E-state index is 0.257. The Morgan fingerprint density at radius 2 is 1.94 bits per heavy atom. The number of rotatable bonds is 3. The zero-order valence-corrected chi connectivity index (χ0v) is 10.2. The largest absolute Gasteiger partial charge is 0.376 e. The molecule has 3 aromatic rings. The minimum absolute atomic E-state index is 0.257. The SMILES string of the molecule is CC(Nc1cn[nH]c1)c1ccc2ccccc2c1. The Morgan fingerprint density at radius 3 is 2.72 bits per heavy atom. The molecule has 90 valence electrons. The fourth-order valence-corrected chi connectivity index (χ4v) is 2.14. The maximum atomic E-state index is 3.93. The maximum absolute atomic E-state index is 3.93. The third-order valence-corrected chi connectivity index (χ3v) is 3.15. The van der Waals surface area contributed by atoms with Crippen LogP contribution in [0.4, 0.5) is 5.69 Å². The number of fused-ring (bicyclic) bond motifs is 1. The lowest BCUT2D eigenvalue weighted by molar-refractivity contribution is 0.887. The molecule has 3 nitrogen and oxygen atoms in total. The third-order valence-electron chi connectivity index (χ3n) is 3.15. The van der Waals surface area contributed by atoms with Crippen LogP contribution in [0.2, 0.25) is 0 Å². The van der Waals surface area contributed by atoms with Crippen LogP contribution in [0.3, 0.4) is 0 Å². The van der Waals surface area contributed by atoms with Crippen molar-refractivity contribution in [2.75, 3.05) is 5.32 Å². The summed E-state index contributed by atoms with van der Waals surface area (Å²) in [5.74, 6) is 0. The summed E-state index contributed by atoms with van der Waals surface area (Å²) in [7, 11) is 0. The van der Waals surface area contributed by atoms with E-state index >= 15 is 0 Å². The quantitative estimate of drug-likeness (QED) is 0.728. The Labute approximate surface area is 106 Å². The topological polar surface area (TPSA) is 40.7 Å². The molecule has 0 aliphatic heterocycles. The van der Waals surface area contributed by atoms with Gasteiger partial charge in [0.25, 0.3) is 0 Å². The van der Waals surface area contributed by atoms with E-state index < -0.39 is 0 Å². The number of H-pyrrole nitrogens is 1. The number of hydrogen-bond acceptors (Lipinski definition) is 2. The summed E-state index contributed by atoms with van der Waals surface area (Å²) in [6.45, 7) is 2.15. The number of benzene rings is 2. The van der Waals surface area contributed by atoms with Gasteiger partial charge in [-0.15, -0.1) is 0 Å². The van der Waals surface area contributed by atoms with Crippen molar-refractivity contribution in [1.82, 2.24) is 10.2 Å². The van der Waals surface area contributed by atoms with Gasteiger partial charge in [-0.3, -0.25) is 5.10 Å². The number of hydrogen-bond donors (Lipinski definition) is 2. The molecule has 0 saturated carbocycles. The molecule has 0 aliphatic rings. The molecule has 0 aliphatic carbocycles. The molecule has 2 aromatic carbocycles. The van der Waals surface area contributed by atoms with Crippen molar-refractivity contribution in [3.8, 4) is 0 Å². The van der Waals surface area contributed by atoms with Crippen LogP contribution >= 0.6 is 0 Å². The number of nitrogens with one attached hydrogen (secondary N) is 2. The number of nitrogens with zero attached hydrogens (tertiary/aromatic N) is 1. The molecule has 2 N–H and O–H groups in total. The van der Waals surface area contributed by atoms with Gasteiger partial charge >= 0.3 is 0 Å². The summed E-state index contributed by atoms with van der Waals surface area (Å²) in [6, 6.07) is 15.2. The minimum Gasteiger partial charge on any atom is -0.376 e. The van der Waals surface area contributed by atoms with Crippen LogP contribution in [-0.4, -0.2) is 10.2 Å². The Kier molecular flexibility index (Phi) is 2.73. The van der Waals surface area contributed by atoms with E-state index in [0.29, 0.717) is 0 Å². The number of aromatic nitrogens is 2. The first-order valence-corrected chi connectivity index (χ1v) is 6.07. The van der Waals surface area contributed by atoms with Gasteiger partial charge in [-0.1, -0.05) is 36.4 Å². The average molecular weight is 237 g/mol. The number of aromatic amines is 1. The zero-order chi connectivity index (χ0) is 12.4. The van der Waals surface area contributed by atoms with E-state index in [9.17, 15) is 0 Å². The van der Waals surface area contributed by atoms with Gasteiger partial charge in [0.2, 0.25) is 0 Å². The van der Waals surface area contributed by atoms with Gasteiger partial charge in [-0.05, 0) is 29.3 Å². The lowest BCUT2D eigenvalue weighted by atomic mass is 10.0. The Morgan fingerprint density at radius 1 is 1.11 bits per heavy atom. The van der Waals surface area contributed by atoms with Crippen LogP contribution < -0.4 is 5.32 Å². The highest BCUT2D eigenvalue weighted by atomic mass is 15.1. The van der Waals surface area contributed by atoms with Crippen LogP contribution in [0, 0.1) is 0 Å². The summed E-state index contributed by atoms with van der Waals surface area (Å²) < 4.78 is 0. The second kappa shape index (κ2) is 4.53. The first kappa shape index (κ1) is 10.8. The standard InChI is InChI=1S/C15H15N3/c1-11(18-15-9-16-17-10-15)13-7-6-12-4-2-3-5-14(12)8-13/h2-11,18H,1H3,(H,16,17). The molecule has 18 heavy (non-hydrogen) atoms. The Balaban J connectivity index is 1.89. The van der Waals surface area contributed by atoms with Crippen LogP contribution in [-0.2, 0) is 0 Å². The molecule has 0 radical (unpaired) electrons. The number of anilines is 1. The fourth-order valence-electron chi connectivity index (χ4n) is 2.14. The molecule has 1 heterocycles. The molecular formula is C15H15N3. The first-order valence-electron chi connectivity index (χ1n) is 6.07. The first-order chi connectivity index (χ1) is 8.83. The predicted octanol–water partition coefficient (Wildman–Crippen LogP) is 3.74. The van der Waals surface area contributed by atoms with Crippen LogP contribution in [0.5, 0.6) is 0 Å². The highest BCUT2D eigenvalue weighted by molar-refractivity contribution is 5.83. The van der Waals surface area contributed by atoms with Crippen LogP contribution in [0.15, 0.2) is 54.9 Å². The summed E-state index contributed by atoms with van der Waals surface area (Å²) in [5.41, 5.74) is 2.28. The van der Waals surface area contributed by atoms with Gasteiger partial charge in [-0.2, -0.15) is 5.10 Å². The van der Waals surface area contributed by atoms with E-state index in [1.165, 1.54) is 16.3 Å². The second-order valence-electron chi connectivity index (χ2n) is 4.46. The van der Waals surface area contributed by atoms with Crippen molar-refractivity contribution in [3.63, 3.8) is 0 Å². The monoisotopic (exact) mass is 237 g/mol. The molecule has 0 saturated heterocycles. The maximum Gasteiger partial charge on any atom is 0.0728 e. The Hall–Kier alpha value is -2.29. The van der Waals surface area contributed by atoms with Gasteiger partial charge in [0.05, 0.1) is 11.9 Å². The lowest BCUT2D eigenvalue weighted by Gasteiger charge is -2.14. The molecule has 0 fully saturated rings. The van der Waals surface area contributed by atoms with Crippen molar-refractivity contribution >= 4 is 16.5 Å². The molecular weight excluding hydrogens is 222 g/mol. The second-order valence-corrected chi connectivity index (χ2v) is 4.46. The highest BCUT2D eigenvalue weighted by Crippen LogP contribution is 2.22. The Bertz CT molecular complexity index is 644. The molecule has 3 rings (SSSR count). The van der Waals surface area contributed by atoms with Gasteiger partial charge in [0.15, 0.2) is 0 Å². The van der Waals surface area contributed by atoms with Crippen LogP contribution in [0.1, 0.15) is 18.5 Å². The van der Waals surface area contributed by atoms with Crippen molar-refractivity contribution in [1.29, 1.82) is 0 Å². The van der Waals surface area contributed by atoms with Gasteiger partial charge in [0, 0.05) is 12.2 Å². The van der Waals surface area contributed by atoms with E-state index in [-0.39, 0.29) is 6.04 Å². The molecule has 3 heteroatoms. The molecule has 0 bridgehead atoms. The summed E-state index contributed by atoms with van der Waals surface area (Å²) in [5, 5.41) is 12.7. The molecule has 1 unspecified atom stereocenters. The van der Waals surface area contributed by atoms with E-state index in [4.69, 9.17) is 0 Å². The fraction of sp³-hybridized carbons (Fsp3) is 0.133. The van der Waals surface area contributed by atoms with Crippen molar-refractivity contribution < 1.29 is 0 Å². The van der Waals surface area contributed by atoms with Gasteiger partial charge < -0.3 is 5.32 Å². The van der Waals surface area contributed by atoms with E-state index in [1.54, 1.807) is 6.20 Å². The van der Waals surface area contributed by atoms with E-state index in [2.05, 4.69) is 64.9 Å². The average Bonchev–Trinajstić information content (AvgIpc) is 2.91. The van der Waals surface area contributed by atoms with Crippen LogP contribution in [0.25, 0.3) is 10.8 Å². The molecule has 1 aromatic heterocycles. The summed E-state index contributed by atoms with van der Waals surface area (Å²) >= 11 is 0. The van der Waals surface area contributed by atoms with E-state index in [0.717, 1.165) is 5.69 Å². The molecule has 0 spiro atoms. The summed E-state index contributed by atoms with van der Waals surface area (Å²) in [4.78, 5) is 0. The van der Waals surface area contributed by atoms with Crippen molar-refractivity contribution in [2.24, 2.45) is 0 Å².